The van der Waals surface area contributed by atoms with Crippen LogP contribution in [-0.2, 0) is 9.53 Å². The van der Waals surface area contributed by atoms with E-state index >= 15 is 0 Å². The molecule has 1 unspecified atom stereocenters. The van der Waals surface area contributed by atoms with Gasteiger partial charge in [0.05, 0.1) is 6.61 Å². The van der Waals surface area contributed by atoms with Crippen LogP contribution in [0.15, 0.2) is 40.9 Å². The first-order valence-corrected chi connectivity index (χ1v) is 7.34. The average molecular weight is 335 g/mol. The van der Waals surface area contributed by atoms with Gasteiger partial charge >= 0.3 is 0 Å². The minimum absolute atomic E-state index is 0.103. The van der Waals surface area contributed by atoms with Gasteiger partial charge in [-0.2, -0.15) is 0 Å². The van der Waals surface area contributed by atoms with Gasteiger partial charge in [0.1, 0.15) is 6.10 Å². The summed E-state index contributed by atoms with van der Waals surface area (Å²) in [5, 5.41) is 8.27. The molecule has 0 spiro atoms. The van der Waals surface area contributed by atoms with E-state index in [9.17, 15) is 4.79 Å². The third-order valence-electron chi connectivity index (χ3n) is 3.29. The van der Waals surface area contributed by atoms with Gasteiger partial charge in [-0.1, -0.05) is 28.1 Å². The average Bonchev–Trinajstić information content (AvgIpc) is 2.48. The molecule has 0 radical (unpaired) electrons. The largest absolute Gasteiger partial charge is 0.366 e. The number of amides is 1. The Morgan fingerprint density at radius 2 is 2.05 bits per heavy atom. The molecule has 5 heteroatoms. The van der Waals surface area contributed by atoms with Crippen molar-refractivity contribution in [2.45, 2.75) is 6.10 Å². The Hall–Kier alpha value is -1.43. The SMILES string of the molecule is O=C(Nc1ccc2cc(Br)ccc2c1)C1CNCCO1. The second-order valence-corrected chi connectivity index (χ2v) is 5.67. The van der Waals surface area contributed by atoms with Crippen molar-refractivity contribution >= 4 is 38.3 Å². The summed E-state index contributed by atoms with van der Waals surface area (Å²) >= 11 is 3.45. The highest BCUT2D eigenvalue weighted by molar-refractivity contribution is 9.10. The summed E-state index contributed by atoms with van der Waals surface area (Å²) in [7, 11) is 0. The Morgan fingerprint density at radius 3 is 2.85 bits per heavy atom. The van der Waals surface area contributed by atoms with Crippen molar-refractivity contribution < 1.29 is 9.53 Å². The first kappa shape index (κ1) is 13.5. The molecule has 2 aromatic carbocycles. The second-order valence-electron chi connectivity index (χ2n) is 4.76. The van der Waals surface area contributed by atoms with Crippen molar-refractivity contribution in [2.75, 3.05) is 25.0 Å². The summed E-state index contributed by atoms with van der Waals surface area (Å²) < 4.78 is 6.48. The lowest BCUT2D eigenvalue weighted by Crippen LogP contribution is -2.45. The van der Waals surface area contributed by atoms with Gasteiger partial charge < -0.3 is 15.4 Å². The summed E-state index contributed by atoms with van der Waals surface area (Å²) in [6, 6.07) is 11.9. The highest BCUT2D eigenvalue weighted by atomic mass is 79.9. The molecule has 1 aliphatic rings. The van der Waals surface area contributed by atoms with Crippen LogP contribution in [0, 0.1) is 0 Å². The minimum atomic E-state index is -0.413. The molecule has 3 rings (SSSR count). The maximum atomic E-state index is 12.1. The zero-order valence-corrected chi connectivity index (χ0v) is 12.4. The van der Waals surface area contributed by atoms with Gasteiger partial charge in [-0.25, -0.2) is 0 Å². The smallest absolute Gasteiger partial charge is 0.254 e. The number of morpholine rings is 1. The van der Waals surface area contributed by atoms with E-state index in [0.29, 0.717) is 13.2 Å². The molecule has 1 amide bonds. The number of halogens is 1. The van der Waals surface area contributed by atoms with E-state index in [0.717, 1.165) is 27.5 Å². The zero-order chi connectivity index (χ0) is 13.9. The fourth-order valence-corrected chi connectivity index (χ4v) is 2.63. The van der Waals surface area contributed by atoms with Crippen LogP contribution in [0.3, 0.4) is 0 Å². The van der Waals surface area contributed by atoms with E-state index in [1.54, 1.807) is 0 Å². The van der Waals surface area contributed by atoms with Crippen molar-refractivity contribution in [3.05, 3.63) is 40.9 Å². The normalized spacial score (nSPS) is 18.9. The number of carbonyl (C=O) groups is 1. The van der Waals surface area contributed by atoms with Gasteiger partial charge in [-0.15, -0.1) is 0 Å². The Morgan fingerprint density at radius 1 is 1.25 bits per heavy atom. The second kappa shape index (κ2) is 5.91. The van der Waals surface area contributed by atoms with E-state index < -0.39 is 6.10 Å². The highest BCUT2D eigenvalue weighted by Crippen LogP contribution is 2.23. The predicted octanol–water partition coefficient (Wildman–Crippen LogP) is 2.53. The predicted molar refractivity (Wildman–Crippen MR) is 82.9 cm³/mol. The lowest BCUT2D eigenvalue weighted by atomic mass is 10.1. The molecule has 4 nitrogen and oxygen atoms in total. The summed E-state index contributed by atoms with van der Waals surface area (Å²) in [6.07, 6.45) is -0.413. The molecule has 0 aliphatic carbocycles. The van der Waals surface area contributed by atoms with E-state index in [1.807, 2.05) is 30.3 Å². The number of fused-ring (bicyclic) bond motifs is 1. The van der Waals surface area contributed by atoms with Gasteiger partial charge in [-0.05, 0) is 35.0 Å². The van der Waals surface area contributed by atoms with E-state index in [-0.39, 0.29) is 5.91 Å². The molecule has 1 heterocycles. The molecule has 0 saturated carbocycles. The fraction of sp³-hybridized carbons (Fsp3) is 0.267. The van der Waals surface area contributed by atoms with Gasteiger partial charge in [0.15, 0.2) is 0 Å². The van der Waals surface area contributed by atoms with Gasteiger partial charge in [0.25, 0.3) is 5.91 Å². The summed E-state index contributed by atoms with van der Waals surface area (Å²) in [6.45, 7) is 1.94. The number of hydrogen-bond acceptors (Lipinski definition) is 3. The number of benzene rings is 2. The Labute approximate surface area is 125 Å². The van der Waals surface area contributed by atoms with E-state index in [4.69, 9.17) is 4.74 Å². The number of anilines is 1. The Kier molecular flexibility index (Phi) is 4.00. The third kappa shape index (κ3) is 3.00. The van der Waals surface area contributed by atoms with Crippen LogP contribution in [0.5, 0.6) is 0 Å². The summed E-state index contributed by atoms with van der Waals surface area (Å²) in [5.41, 5.74) is 0.791. The van der Waals surface area contributed by atoms with Crippen molar-refractivity contribution in [3.63, 3.8) is 0 Å². The molecule has 0 aromatic heterocycles. The maximum Gasteiger partial charge on any atom is 0.254 e. The number of hydrogen-bond donors (Lipinski definition) is 2. The monoisotopic (exact) mass is 334 g/mol. The molecule has 1 atom stereocenters. The van der Waals surface area contributed by atoms with Crippen LogP contribution in [0.1, 0.15) is 0 Å². The summed E-state index contributed by atoms with van der Waals surface area (Å²) in [5.74, 6) is -0.103. The number of rotatable bonds is 2. The Balaban J connectivity index is 1.76. The van der Waals surface area contributed by atoms with E-state index in [2.05, 4.69) is 32.6 Å². The molecule has 1 aliphatic heterocycles. The topological polar surface area (TPSA) is 50.4 Å². The molecule has 1 saturated heterocycles. The van der Waals surface area contributed by atoms with Crippen molar-refractivity contribution in [3.8, 4) is 0 Å². The molecule has 2 aromatic rings. The van der Waals surface area contributed by atoms with Crippen molar-refractivity contribution in [1.29, 1.82) is 0 Å². The number of nitrogens with one attached hydrogen (secondary N) is 2. The standard InChI is InChI=1S/C15H15BrN2O2/c16-12-3-1-11-8-13(4-2-10(11)7-12)18-15(19)14-9-17-5-6-20-14/h1-4,7-8,14,17H,5-6,9H2,(H,18,19). The first-order valence-electron chi connectivity index (χ1n) is 6.55. The summed E-state index contributed by atoms with van der Waals surface area (Å²) in [4.78, 5) is 12.1. The molecule has 0 bridgehead atoms. The molecule has 104 valence electrons. The van der Waals surface area contributed by atoms with Gasteiger partial charge in [0, 0.05) is 23.2 Å². The molecule has 2 N–H and O–H groups in total. The molecular formula is C15H15BrN2O2. The van der Waals surface area contributed by atoms with E-state index in [1.165, 1.54) is 0 Å². The molecule has 20 heavy (non-hydrogen) atoms. The Bertz CT molecular complexity index is 639. The van der Waals surface area contributed by atoms with Crippen LogP contribution < -0.4 is 10.6 Å². The van der Waals surface area contributed by atoms with Crippen molar-refractivity contribution in [2.24, 2.45) is 0 Å². The maximum absolute atomic E-state index is 12.1. The van der Waals surface area contributed by atoms with Crippen molar-refractivity contribution in [1.82, 2.24) is 5.32 Å². The lowest BCUT2D eigenvalue weighted by Gasteiger charge is -2.22. The van der Waals surface area contributed by atoms with Crippen LogP contribution in [0.4, 0.5) is 5.69 Å². The minimum Gasteiger partial charge on any atom is -0.366 e. The lowest BCUT2D eigenvalue weighted by molar-refractivity contribution is -0.128. The quantitative estimate of drug-likeness (QED) is 0.887. The molecule has 1 fully saturated rings. The van der Waals surface area contributed by atoms with Gasteiger partial charge in [-0.3, -0.25) is 4.79 Å². The number of ether oxygens (including phenoxy) is 1. The van der Waals surface area contributed by atoms with Crippen LogP contribution >= 0.6 is 15.9 Å². The zero-order valence-electron chi connectivity index (χ0n) is 10.9. The highest BCUT2D eigenvalue weighted by Gasteiger charge is 2.21. The molecular weight excluding hydrogens is 320 g/mol. The van der Waals surface area contributed by atoms with Crippen LogP contribution in [0.25, 0.3) is 10.8 Å². The fourth-order valence-electron chi connectivity index (χ4n) is 2.25. The van der Waals surface area contributed by atoms with Crippen LogP contribution in [0.2, 0.25) is 0 Å². The first-order chi connectivity index (χ1) is 9.72. The number of carbonyl (C=O) groups excluding carboxylic acids is 1. The van der Waals surface area contributed by atoms with Crippen LogP contribution in [-0.4, -0.2) is 31.7 Å². The van der Waals surface area contributed by atoms with Gasteiger partial charge in [0.2, 0.25) is 0 Å². The third-order valence-corrected chi connectivity index (χ3v) is 3.78.